The van der Waals surface area contributed by atoms with Crippen LogP contribution in [0.5, 0.6) is 5.75 Å². The highest BCUT2D eigenvalue weighted by atomic mass is 16.5. The molecule has 0 aliphatic rings. The lowest BCUT2D eigenvalue weighted by Crippen LogP contribution is -2.41. The van der Waals surface area contributed by atoms with Gasteiger partial charge in [0.05, 0.1) is 0 Å². The largest absolute Gasteiger partial charge is 0.482 e. The van der Waals surface area contributed by atoms with Crippen molar-refractivity contribution in [2.24, 2.45) is 0 Å². The number of rotatable bonds is 7. The summed E-state index contributed by atoms with van der Waals surface area (Å²) in [6.45, 7) is 9.42. The molecule has 0 aliphatic heterocycles. The monoisotopic (exact) mass is 319 g/mol. The second-order valence-corrected chi connectivity index (χ2v) is 5.97. The molecule has 0 saturated carbocycles. The zero-order chi connectivity index (χ0) is 17.6. The van der Waals surface area contributed by atoms with Crippen molar-refractivity contribution in [1.82, 2.24) is 4.90 Å². The van der Waals surface area contributed by atoms with E-state index in [2.05, 4.69) is 0 Å². The number of hydrogen-bond donors (Lipinski definition) is 1. The molecule has 23 heavy (non-hydrogen) atoms. The van der Waals surface area contributed by atoms with Crippen molar-refractivity contribution in [1.29, 1.82) is 0 Å². The highest BCUT2D eigenvalue weighted by molar-refractivity contribution is 5.95. The number of nitrogens with zero attached hydrogens (tertiary/aromatic N) is 1. The van der Waals surface area contributed by atoms with Crippen LogP contribution in [0.15, 0.2) is 30.3 Å². The summed E-state index contributed by atoms with van der Waals surface area (Å²) in [7, 11) is 0. The van der Waals surface area contributed by atoms with Crippen LogP contribution in [0.3, 0.4) is 0 Å². The number of aliphatic carboxylic acids is 1. The number of allylic oxidation sites excluding steroid dienone is 1. The summed E-state index contributed by atoms with van der Waals surface area (Å²) < 4.78 is 5.17. The molecule has 0 radical (unpaired) electrons. The molecule has 1 aromatic carbocycles. The van der Waals surface area contributed by atoms with E-state index in [9.17, 15) is 9.59 Å². The molecule has 5 heteroatoms. The quantitative estimate of drug-likeness (QED) is 0.784. The summed E-state index contributed by atoms with van der Waals surface area (Å²) in [6.07, 6.45) is 1.61. The second-order valence-electron chi connectivity index (χ2n) is 5.97. The summed E-state index contributed by atoms with van der Waals surface area (Å²) in [6, 6.07) is 7.31. The third-order valence-corrected chi connectivity index (χ3v) is 3.36. The zero-order valence-corrected chi connectivity index (χ0v) is 14.4. The molecule has 126 valence electrons. The minimum atomic E-state index is -1.03. The number of carboxylic acids is 1. The third-order valence-electron chi connectivity index (χ3n) is 3.36. The van der Waals surface area contributed by atoms with E-state index in [1.54, 1.807) is 24.3 Å². The summed E-state index contributed by atoms with van der Waals surface area (Å²) in [5.74, 6) is -0.596. The van der Waals surface area contributed by atoms with Crippen molar-refractivity contribution in [3.8, 4) is 5.75 Å². The highest BCUT2D eigenvalue weighted by Gasteiger charge is 2.18. The minimum Gasteiger partial charge on any atom is -0.482 e. The van der Waals surface area contributed by atoms with E-state index in [4.69, 9.17) is 9.84 Å². The van der Waals surface area contributed by atoms with E-state index >= 15 is 0 Å². The molecular formula is C18H25NO4. The first kappa shape index (κ1) is 18.7. The Balaban J connectivity index is 2.95. The molecule has 0 saturated heterocycles. The summed E-state index contributed by atoms with van der Waals surface area (Å²) in [5.41, 5.74) is 1.63. The maximum Gasteiger partial charge on any atom is 0.341 e. The molecule has 1 rings (SSSR count). The van der Waals surface area contributed by atoms with Gasteiger partial charge >= 0.3 is 5.97 Å². The molecule has 1 amide bonds. The van der Waals surface area contributed by atoms with Gasteiger partial charge in [-0.25, -0.2) is 4.79 Å². The lowest BCUT2D eigenvalue weighted by molar-refractivity contribution is -0.139. The van der Waals surface area contributed by atoms with Crippen LogP contribution in [-0.4, -0.2) is 40.6 Å². The maximum atomic E-state index is 12.5. The molecule has 0 heterocycles. The van der Waals surface area contributed by atoms with Crippen molar-refractivity contribution in [2.45, 2.75) is 46.7 Å². The lowest BCUT2D eigenvalue weighted by atomic mass is 10.1. The number of carbonyl (C=O) groups is 2. The fraction of sp³-hybridized carbons (Fsp3) is 0.444. The molecule has 1 N–H and O–H groups in total. The normalized spacial score (nSPS) is 11.7. The van der Waals surface area contributed by atoms with Crippen LogP contribution in [-0.2, 0) is 9.59 Å². The van der Waals surface area contributed by atoms with Crippen molar-refractivity contribution in [2.75, 3.05) is 6.61 Å². The van der Waals surface area contributed by atoms with E-state index in [0.717, 1.165) is 11.1 Å². The molecule has 1 aromatic rings. The molecule has 0 fully saturated rings. The SMILES string of the molecule is C/C(=C/C(=O)N(C(C)C)C(C)C)c1cccc(OCC(=O)O)c1. The van der Waals surface area contributed by atoms with Gasteiger partial charge in [0.25, 0.3) is 0 Å². The Hall–Kier alpha value is -2.30. The van der Waals surface area contributed by atoms with Gasteiger partial charge in [0.1, 0.15) is 5.75 Å². The average molecular weight is 319 g/mol. The molecule has 0 aliphatic carbocycles. The fourth-order valence-corrected chi connectivity index (χ4v) is 2.42. The third kappa shape index (κ3) is 5.77. The van der Waals surface area contributed by atoms with E-state index in [1.807, 2.05) is 45.6 Å². The van der Waals surface area contributed by atoms with Crippen molar-refractivity contribution >= 4 is 17.4 Å². The lowest BCUT2D eigenvalue weighted by Gasteiger charge is -2.29. The Bertz CT molecular complexity index is 582. The van der Waals surface area contributed by atoms with Gasteiger partial charge in [-0.3, -0.25) is 4.79 Å². The van der Waals surface area contributed by atoms with Gasteiger partial charge in [-0.05, 0) is 57.9 Å². The van der Waals surface area contributed by atoms with Gasteiger partial charge in [0.15, 0.2) is 6.61 Å². The number of benzene rings is 1. The van der Waals surface area contributed by atoms with Gasteiger partial charge in [0.2, 0.25) is 5.91 Å². The van der Waals surface area contributed by atoms with Crippen LogP contribution < -0.4 is 4.74 Å². The summed E-state index contributed by atoms with van der Waals surface area (Å²) >= 11 is 0. The topological polar surface area (TPSA) is 66.8 Å². The summed E-state index contributed by atoms with van der Waals surface area (Å²) in [4.78, 5) is 24.8. The molecule has 0 atom stereocenters. The Morgan fingerprint density at radius 1 is 1.22 bits per heavy atom. The molecule has 5 nitrogen and oxygen atoms in total. The van der Waals surface area contributed by atoms with Crippen LogP contribution >= 0.6 is 0 Å². The maximum absolute atomic E-state index is 12.5. The van der Waals surface area contributed by atoms with Crippen LogP contribution in [0.2, 0.25) is 0 Å². The molecule has 0 aromatic heterocycles. The van der Waals surface area contributed by atoms with Crippen LogP contribution in [0.25, 0.3) is 5.57 Å². The van der Waals surface area contributed by atoms with Gasteiger partial charge in [-0.1, -0.05) is 12.1 Å². The van der Waals surface area contributed by atoms with E-state index in [-0.39, 0.29) is 24.6 Å². The predicted molar refractivity (Wildman–Crippen MR) is 90.3 cm³/mol. The van der Waals surface area contributed by atoms with Gasteiger partial charge < -0.3 is 14.7 Å². The zero-order valence-electron chi connectivity index (χ0n) is 14.4. The first-order valence-electron chi connectivity index (χ1n) is 7.68. The fourth-order valence-electron chi connectivity index (χ4n) is 2.42. The van der Waals surface area contributed by atoms with Gasteiger partial charge in [0, 0.05) is 18.2 Å². The number of hydrogen-bond acceptors (Lipinski definition) is 3. The number of amides is 1. The van der Waals surface area contributed by atoms with Crippen molar-refractivity contribution < 1.29 is 19.4 Å². The molecule has 0 bridgehead atoms. The van der Waals surface area contributed by atoms with E-state index in [0.29, 0.717) is 5.75 Å². The molecular weight excluding hydrogens is 294 g/mol. The number of ether oxygens (including phenoxy) is 1. The Morgan fingerprint density at radius 3 is 2.35 bits per heavy atom. The van der Waals surface area contributed by atoms with E-state index < -0.39 is 5.97 Å². The second kappa shape index (κ2) is 8.36. The summed E-state index contributed by atoms with van der Waals surface area (Å²) in [5, 5.41) is 8.65. The van der Waals surface area contributed by atoms with Crippen LogP contribution in [0.4, 0.5) is 0 Å². The Labute approximate surface area is 137 Å². The standard InChI is InChI=1S/C18H25NO4/c1-12(2)19(13(3)4)17(20)9-14(5)15-7-6-8-16(10-15)23-11-18(21)22/h6-10,12-13H,11H2,1-5H3,(H,21,22)/b14-9-. The van der Waals surface area contributed by atoms with Gasteiger partial charge in [-0.2, -0.15) is 0 Å². The van der Waals surface area contributed by atoms with Crippen molar-refractivity contribution in [3.63, 3.8) is 0 Å². The average Bonchev–Trinajstić information content (AvgIpc) is 2.44. The first-order valence-corrected chi connectivity index (χ1v) is 7.68. The predicted octanol–water partition coefficient (Wildman–Crippen LogP) is 3.20. The molecule has 0 spiro atoms. The first-order chi connectivity index (χ1) is 10.7. The van der Waals surface area contributed by atoms with E-state index in [1.165, 1.54) is 0 Å². The number of carboxylic acid groups (broad SMARTS) is 1. The van der Waals surface area contributed by atoms with Crippen LogP contribution in [0, 0.1) is 0 Å². The molecule has 0 unspecified atom stereocenters. The van der Waals surface area contributed by atoms with Crippen LogP contribution in [0.1, 0.15) is 40.2 Å². The Kier molecular flexibility index (Phi) is 6.82. The minimum absolute atomic E-state index is 0.0376. The van der Waals surface area contributed by atoms with Gasteiger partial charge in [-0.15, -0.1) is 0 Å². The smallest absolute Gasteiger partial charge is 0.341 e. The van der Waals surface area contributed by atoms with Crippen molar-refractivity contribution in [3.05, 3.63) is 35.9 Å². The number of carbonyl (C=O) groups excluding carboxylic acids is 1. The highest BCUT2D eigenvalue weighted by Crippen LogP contribution is 2.21. The Morgan fingerprint density at radius 2 is 1.83 bits per heavy atom.